The summed E-state index contributed by atoms with van der Waals surface area (Å²) >= 11 is 0. The second-order valence-corrected chi connectivity index (χ2v) is 7.66. The van der Waals surface area contributed by atoms with Crippen LogP contribution in [0.2, 0.25) is 0 Å². The van der Waals surface area contributed by atoms with E-state index in [0.717, 1.165) is 51.3 Å². The number of fused-ring (bicyclic) bond motifs is 1. The van der Waals surface area contributed by atoms with Gasteiger partial charge in [0.1, 0.15) is 0 Å². The summed E-state index contributed by atoms with van der Waals surface area (Å²) < 4.78 is 0. The van der Waals surface area contributed by atoms with Gasteiger partial charge in [0.2, 0.25) is 5.91 Å². The number of hydrogen-bond acceptors (Lipinski definition) is 4. The molecule has 0 spiro atoms. The van der Waals surface area contributed by atoms with Crippen molar-refractivity contribution in [3.8, 4) is 0 Å². The predicted octanol–water partition coefficient (Wildman–Crippen LogP) is 2.80. The van der Waals surface area contributed by atoms with E-state index in [1.54, 1.807) is 0 Å². The fourth-order valence-corrected chi connectivity index (χ4v) is 3.92. The van der Waals surface area contributed by atoms with Crippen LogP contribution in [-0.4, -0.2) is 66.8 Å². The van der Waals surface area contributed by atoms with Gasteiger partial charge in [-0.3, -0.25) is 14.5 Å². The average Bonchev–Trinajstić information content (AvgIpc) is 2.77. The molecule has 0 bridgehead atoms. The molecule has 0 saturated carbocycles. The molecule has 1 saturated heterocycles. The molecule has 1 amide bonds. The van der Waals surface area contributed by atoms with Crippen LogP contribution in [0.5, 0.6) is 0 Å². The molecule has 0 atom stereocenters. The Hall–Kier alpha value is -1.72. The van der Waals surface area contributed by atoms with Crippen LogP contribution < -0.4 is 4.90 Å². The maximum atomic E-state index is 12.5. The van der Waals surface area contributed by atoms with Crippen LogP contribution in [0, 0.1) is 0 Å². The molecule has 1 fully saturated rings. The summed E-state index contributed by atoms with van der Waals surface area (Å²) in [5.74, 6) is 0.160. The molecule has 0 aliphatic carbocycles. The summed E-state index contributed by atoms with van der Waals surface area (Å²) in [7, 11) is 0. The highest BCUT2D eigenvalue weighted by molar-refractivity contribution is 6.09. The zero-order chi connectivity index (χ0) is 18.5. The maximum Gasteiger partial charge on any atom is 0.227 e. The standard InChI is InChI=1S/C21H31N3O2/c1-17(2)23-15-13-22(14-16-23)11-5-6-12-24-19-8-4-3-7-18(19)20(25)9-10-21(24)26/h3-4,7-8,17H,5-6,9-16H2,1-2H3. The second kappa shape index (κ2) is 8.78. The Morgan fingerprint density at radius 2 is 1.62 bits per heavy atom. The number of Topliss-reactive ketones (excluding diaryl/α,β-unsaturated/α-hetero) is 1. The molecule has 26 heavy (non-hydrogen) atoms. The molecule has 5 heteroatoms. The van der Waals surface area contributed by atoms with Crippen LogP contribution in [0.15, 0.2) is 24.3 Å². The van der Waals surface area contributed by atoms with Gasteiger partial charge in [0.15, 0.2) is 5.78 Å². The minimum atomic E-state index is 0.0776. The Labute approximate surface area is 156 Å². The number of para-hydroxylation sites is 1. The van der Waals surface area contributed by atoms with Crippen LogP contribution in [0.4, 0.5) is 5.69 Å². The van der Waals surface area contributed by atoms with Crippen LogP contribution in [-0.2, 0) is 4.79 Å². The SMILES string of the molecule is CC(C)N1CCN(CCCCN2C(=O)CCC(=O)c3ccccc32)CC1. The number of carbonyl (C=O) groups excluding carboxylic acids is 2. The third kappa shape index (κ3) is 4.51. The predicted molar refractivity (Wildman–Crippen MR) is 105 cm³/mol. The first-order valence-corrected chi connectivity index (χ1v) is 9.95. The molecule has 3 rings (SSSR count). The third-order valence-corrected chi connectivity index (χ3v) is 5.61. The average molecular weight is 357 g/mol. The summed E-state index contributed by atoms with van der Waals surface area (Å²) in [6.07, 6.45) is 2.71. The number of ketones is 1. The van der Waals surface area contributed by atoms with E-state index in [4.69, 9.17) is 0 Å². The van der Waals surface area contributed by atoms with Crippen LogP contribution in [0.1, 0.15) is 49.9 Å². The van der Waals surface area contributed by atoms with Gasteiger partial charge in [-0.1, -0.05) is 12.1 Å². The van der Waals surface area contributed by atoms with E-state index in [0.29, 0.717) is 31.0 Å². The number of amides is 1. The highest BCUT2D eigenvalue weighted by Gasteiger charge is 2.26. The molecule has 5 nitrogen and oxygen atoms in total. The van der Waals surface area contributed by atoms with Gasteiger partial charge in [-0.2, -0.15) is 0 Å². The second-order valence-electron chi connectivity index (χ2n) is 7.66. The lowest BCUT2D eigenvalue weighted by Crippen LogP contribution is -2.49. The first-order chi connectivity index (χ1) is 12.6. The number of unbranched alkanes of at least 4 members (excludes halogenated alkanes) is 1. The molecule has 1 aromatic rings. The topological polar surface area (TPSA) is 43.9 Å². The van der Waals surface area contributed by atoms with Gasteiger partial charge in [0.25, 0.3) is 0 Å². The van der Waals surface area contributed by atoms with E-state index in [1.807, 2.05) is 29.2 Å². The smallest absolute Gasteiger partial charge is 0.227 e. The van der Waals surface area contributed by atoms with E-state index in [2.05, 4.69) is 23.6 Å². The molecular formula is C21H31N3O2. The van der Waals surface area contributed by atoms with Crippen molar-refractivity contribution in [3.05, 3.63) is 29.8 Å². The van der Waals surface area contributed by atoms with Gasteiger partial charge in [0.05, 0.1) is 5.69 Å². The Morgan fingerprint density at radius 3 is 2.35 bits per heavy atom. The molecule has 2 aliphatic rings. The molecule has 0 radical (unpaired) electrons. The van der Waals surface area contributed by atoms with Gasteiger partial charge in [-0.15, -0.1) is 0 Å². The van der Waals surface area contributed by atoms with Crippen molar-refractivity contribution < 1.29 is 9.59 Å². The van der Waals surface area contributed by atoms with Crippen molar-refractivity contribution in [2.75, 3.05) is 44.2 Å². The molecule has 142 valence electrons. The molecule has 2 aliphatic heterocycles. The first kappa shape index (κ1) is 19.1. The van der Waals surface area contributed by atoms with Crippen LogP contribution in [0.3, 0.4) is 0 Å². The van der Waals surface area contributed by atoms with Crippen LogP contribution in [0.25, 0.3) is 0 Å². The fraction of sp³-hybridized carbons (Fsp3) is 0.619. The van der Waals surface area contributed by atoms with E-state index in [9.17, 15) is 9.59 Å². The van der Waals surface area contributed by atoms with Crippen molar-refractivity contribution >= 4 is 17.4 Å². The van der Waals surface area contributed by atoms with Gasteiger partial charge in [0, 0.05) is 57.2 Å². The minimum absolute atomic E-state index is 0.0776. The first-order valence-electron chi connectivity index (χ1n) is 9.95. The lowest BCUT2D eigenvalue weighted by atomic mass is 10.1. The third-order valence-electron chi connectivity index (χ3n) is 5.61. The molecule has 0 aromatic heterocycles. The number of piperazine rings is 1. The zero-order valence-electron chi connectivity index (χ0n) is 16.1. The van der Waals surface area contributed by atoms with E-state index in [-0.39, 0.29) is 11.7 Å². The minimum Gasteiger partial charge on any atom is -0.312 e. The molecule has 2 heterocycles. The van der Waals surface area contributed by atoms with E-state index in [1.165, 1.54) is 0 Å². The van der Waals surface area contributed by atoms with Gasteiger partial charge in [-0.25, -0.2) is 0 Å². The number of anilines is 1. The van der Waals surface area contributed by atoms with Gasteiger partial charge in [-0.05, 0) is 45.4 Å². The Balaban J connectivity index is 1.49. The van der Waals surface area contributed by atoms with Crippen LogP contribution >= 0.6 is 0 Å². The van der Waals surface area contributed by atoms with Crippen molar-refractivity contribution in [1.29, 1.82) is 0 Å². The fourth-order valence-electron chi connectivity index (χ4n) is 3.92. The van der Waals surface area contributed by atoms with Gasteiger partial charge < -0.3 is 9.80 Å². The summed E-state index contributed by atoms with van der Waals surface area (Å²) in [5, 5.41) is 0. The Bertz CT molecular complexity index is 636. The molecule has 1 aromatic carbocycles. The number of hydrogen-bond donors (Lipinski definition) is 0. The Morgan fingerprint density at radius 1 is 0.923 bits per heavy atom. The van der Waals surface area contributed by atoms with Crippen molar-refractivity contribution in [2.45, 2.75) is 45.6 Å². The lowest BCUT2D eigenvalue weighted by molar-refractivity contribution is -0.118. The van der Waals surface area contributed by atoms with Crippen molar-refractivity contribution in [3.63, 3.8) is 0 Å². The van der Waals surface area contributed by atoms with E-state index < -0.39 is 0 Å². The summed E-state index contributed by atoms with van der Waals surface area (Å²) in [6, 6.07) is 8.17. The quantitative estimate of drug-likeness (QED) is 0.735. The lowest BCUT2D eigenvalue weighted by Gasteiger charge is -2.37. The summed E-state index contributed by atoms with van der Waals surface area (Å²) in [4.78, 5) is 31.6. The zero-order valence-corrected chi connectivity index (χ0v) is 16.1. The molecule has 0 N–H and O–H groups in total. The Kier molecular flexibility index (Phi) is 6.43. The number of rotatable bonds is 6. The van der Waals surface area contributed by atoms with E-state index >= 15 is 0 Å². The largest absolute Gasteiger partial charge is 0.312 e. The van der Waals surface area contributed by atoms with Crippen molar-refractivity contribution in [1.82, 2.24) is 9.80 Å². The van der Waals surface area contributed by atoms with Gasteiger partial charge >= 0.3 is 0 Å². The molecular weight excluding hydrogens is 326 g/mol. The number of nitrogens with zero attached hydrogens (tertiary/aromatic N) is 3. The molecule has 0 unspecified atom stereocenters. The number of benzene rings is 1. The number of carbonyl (C=O) groups is 2. The highest BCUT2D eigenvalue weighted by Crippen LogP contribution is 2.27. The maximum absolute atomic E-state index is 12.5. The highest BCUT2D eigenvalue weighted by atomic mass is 16.2. The summed E-state index contributed by atoms with van der Waals surface area (Å²) in [6.45, 7) is 10.9. The van der Waals surface area contributed by atoms with Crippen molar-refractivity contribution in [2.24, 2.45) is 0 Å². The monoisotopic (exact) mass is 357 g/mol. The summed E-state index contributed by atoms with van der Waals surface area (Å²) in [5.41, 5.74) is 1.49. The normalized spacial score (nSPS) is 19.7.